The van der Waals surface area contributed by atoms with Crippen molar-refractivity contribution < 1.29 is 22.3 Å². The van der Waals surface area contributed by atoms with E-state index >= 15 is 0 Å². The summed E-state index contributed by atoms with van der Waals surface area (Å²) in [5.74, 6) is -1.02. The van der Waals surface area contributed by atoms with E-state index in [1.807, 2.05) is 0 Å². The van der Waals surface area contributed by atoms with Gasteiger partial charge in [-0.3, -0.25) is 9.48 Å². The number of hydrogen-bond donors (Lipinski definition) is 0. The number of benzene rings is 1. The third-order valence-electron chi connectivity index (χ3n) is 6.60. The molecular formula is C22H26ClFN4O4S. The zero-order valence-electron chi connectivity index (χ0n) is 18.2. The minimum absolute atomic E-state index is 0.0705. The van der Waals surface area contributed by atoms with Gasteiger partial charge in [-0.25, -0.2) is 12.8 Å². The van der Waals surface area contributed by atoms with Crippen molar-refractivity contribution >= 4 is 27.3 Å². The second-order valence-electron chi connectivity index (χ2n) is 8.69. The molecule has 8 nitrogen and oxygen atoms in total. The smallest absolute Gasteiger partial charge is 0.274 e. The Hall–Kier alpha value is -2.01. The third-order valence-corrected chi connectivity index (χ3v) is 8.48. The van der Waals surface area contributed by atoms with Gasteiger partial charge in [0.2, 0.25) is 0 Å². The fourth-order valence-electron chi connectivity index (χ4n) is 5.07. The summed E-state index contributed by atoms with van der Waals surface area (Å²) >= 11 is 5.96. The number of rotatable bonds is 4. The largest absolute Gasteiger partial charge is 0.378 e. The van der Waals surface area contributed by atoms with E-state index in [0.29, 0.717) is 50.0 Å². The topological polar surface area (TPSA) is 84.7 Å². The minimum Gasteiger partial charge on any atom is -0.378 e. The van der Waals surface area contributed by atoms with Crippen molar-refractivity contribution in [2.45, 2.75) is 29.5 Å². The van der Waals surface area contributed by atoms with Gasteiger partial charge in [0.05, 0.1) is 30.7 Å². The van der Waals surface area contributed by atoms with Crippen LogP contribution in [-0.4, -0.2) is 85.7 Å². The molecule has 3 aliphatic heterocycles. The van der Waals surface area contributed by atoms with Crippen LogP contribution in [-0.2, 0) is 20.3 Å². The molecule has 178 valence electrons. The number of carbonyl (C=O) groups excluding carboxylic acids is 1. The maximum Gasteiger partial charge on any atom is 0.274 e. The summed E-state index contributed by atoms with van der Waals surface area (Å²) in [6, 6.07) is 4.19. The summed E-state index contributed by atoms with van der Waals surface area (Å²) in [5, 5.41) is 4.72. The van der Waals surface area contributed by atoms with Gasteiger partial charge in [0.15, 0.2) is 15.5 Å². The normalized spacial score (nSPS) is 22.6. The molecule has 2 saturated heterocycles. The fraction of sp³-hybridized carbons (Fsp3) is 0.545. The summed E-state index contributed by atoms with van der Waals surface area (Å²) in [6.07, 6.45) is 1.76. The summed E-state index contributed by atoms with van der Waals surface area (Å²) in [7, 11) is -3.96. The number of hydrogen-bond acceptors (Lipinski definition) is 6. The second-order valence-corrected chi connectivity index (χ2v) is 11.0. The first-order chi connectivity index (χ1) is 15.9. The molecule has 0 radical (unpaired) electrons. The van der Waals surface area contributed by atoms with Crippen molar-refractivity contribution in [3.05, 3.63) is 35.3 Å². The molecule has 0 unspecified atom stereocenters. The molecule has 0 saturated carbocycles. The first-order valence-electron chi connectivity index (χ1n) is 11.2. The van der Waals surface area contributed by atoms with Crippen molar-refractivity contribution in [1.82, 2.24) is 19.6 Å². The summed E-state index contributed by atoms with van der Waals surface area (Å²) < 4.78 is 48.0. The van der Waals surface area contributed by atoms with E-state index in [1.54, 1.807) is 15.6 Å². The Labute approximate surface area is 197 Å². The van der Waals surface area contributed by atoms with Crippen LogP contribution in [0.5, 0.6) is 0 Å². The van der Waals surface area contributed by atoms with Crippen molar-refractivity contribution in [2.24, 2.45) is 0 Å². The van der Waals surface area contributed by atoms with E-state index in [1.165, 1.54) is 6.07 Å². The lowest BCUT2D eigenvalue weighted by Gasteiger charge is -2.33. The van der Waals surface area contributed by atoms with Crippen LogP contribution < -0.4 is 0 Å². The first-order valence-corrected chi connectivity index (χ1v) is 13.4. The van der Waals surface area contributed by atoms with Crippen LogP contribution in [0, 0.1) is 5.82 Å². The number of piperidine rings is 1. The van der Waals surface area contributed by atoms with Crippen LogP contribution in [0.2, 0.25) is 0 Å². The highest BCUT2D eigenvalue weighted by atomic mass is 35.5. The van der Waals surface area contributed by atoms with Gasteiger partial charge >= 0.3 is 0 Å². The minimum atomic E-state index is -3.96. The molecule has 3 aliphatic rings. The van der Waals surface area contributed by atoms with Gasteiger partial charge in [0.1, 0.15) is 10.7 Å². The number of alkyl halides is 1. The molecule has 1 atom stereocenters. The Morgan fingerprint density at radius 3 is 2.79 bits per heavy atom. The van der Waals surface area contributed by atoms with E-state index in [9.17, 15) is 17.6 Å². The highest BCUT2D eigenvalue weighted by Crippen LogP contribution is 2.42. The Kier molecular flexibility index (Phi) is 6.19. The van der Waals surface area contributed by atoms with Crippen molar-refractivity contribution in [3.8, 4) is 11.3 Å². The van der Waals surface area contributed by atoms with Gasteiger partial charge in [-0.15, -0.1) is 11.6 Å². The number of likely N-dealkylation sites (tertiary alicyclic amines) is 1. The fourth-order valence-corrected chi connectivity index (χ4v) is 6.97. The Morgan fingerprint density at radius 2 is 2.03 bits per heavy atom. The molecule has 33 heavy (non-hydrogen) atoms. The molecule has 4 heterocycles. The summed E-state index contributed by atoms with van der Waals surface area (Å²) in [4.78, 5) is 17.0. The number of morpholine rings is 1. The zero-order valence-corrected chi connectivity index (χ0v) is 19.7. The van der Waals surface area contributed by atoms with Crippen LogP contribution in [0.25, 0.3) is 11.3 Å². The molecule has 0 spiro atoms. The number of nitrogens with zero attached hydrogens (tertiary/aromatic N) is 4. The number of ether oxygens (including phenoxy) is 1. The maximum atomic E-state index is 14.7. The highest BCUT2D eigenvalue weighted by Gasteiger charge is 2.40. The van der Waals surface area contributed by atoms with Gasteiger partial charge in [0.25, 0.3) is 5.91 Å². The number of aromatic nitrogens is 2. The Bertz CT molecular complexity index is 1180. The third kappa shape index (κ3) is 4.07. The number of fused-ring (bicyclic) bond motifs is 3. The van der Waals surface area contributed by atoms with Crippen LogP contribution in [0.15, 0.2) is 23.1 Å². The Balaban J connectivity index is 1.66. The first kappa shape index (κ1) is 22.8. The van der Waals surface area contributed by atoms with E-state index in [4.69, 9.17) is 21.4 Å². The maximum absolute atomic E-state index is 14.7. The van der Waals surface area contributed by atoms with Gasteiger partial charge in [-0.2, -0.15) is 5.10 Å². The quantitative estimate of drug-likeness (QED) is 0.604. The molecule has 11 heteroatoms. The lowest BCUT2D eigenvalue weighted by Crippen LogP contribution is -2.41. The van der Waals surface area contributed by atoms with Gasteiger partial charge in [-0.05, 0) is 25.5 Å². The number of amides is 1. The van der Waals surface area contributed by atoms with E-state index in [2.05, 4.69) is 4.90 Å². The van der Waals surface area contributed by atoms with Gasteiger partial charge in [0, 0.05) is 43.2 Å². The average molecular weight is 497 g/mol. The molecule has 2 aromatic rings. The molecular weight excluding hydrogens is 471 g/mol. The monoisotopic (exact) mass is 496 g/mol. The van der Waals surface area contributed by atoms with E-state index in [-0.39, 0.29) is 28.1 Å². The zero-order chi connectivity index (χ0) is 23.2. The predicted molar refractivity (Wildman–Crippen MR) is 121 cm³/mol. The predicted octanol–water partition coefficient (Wildman–Crippen LogP) is 2.32. The van der Waals surface area contributed by atoms with Crippen LogP contribution >= 0.6 is 11.6 Å². The molecule has 1 aromatic carbocycles. The Morgan fingerprint density at radius 1 is 1.24 bits per heavy atom. The molecule has 0 bridgehead atoms. The van der Waals surface area contributed by atoms with E-state index < -0.39 is 21.4 Å². The van der Waals surface area contributed by atoms with Crippen LogP contribution in [0.4, 0.5) is 4.39 Å². The lowest BCUT2D eigenvalue weighted by molar-refractivity contribution is 0.0297. The van der Waals surface area contributed by atoms with Gasteiger partial charge in [-0.1, -0.05) is 12.1 Å². The highest BCUT2D eigenvalue weighted by molar-refractivity contribution is 7.91. The van der Waals surface area contributed by atoms with E-state index in [0.717, 1.165) is 32.0 Å². The van der Waals surface area contributed by atoms with Crippen LogP contribution in [0.1, 0.15) is 34.9 Å². The van der Waals surface area contributed by atoms with Crippen molar-refractivity contribution in [1.29, 1.82) is 0 Å². The molecule has 2 fully saturated rings. The second kappa shape index (κ2) is 8.98. The van der Waals surface area contributed by atoms with Gasteiger partial charge < -0.3 is 14.5 Å². The number of sulfone groups is 1. The van der Waals surface area contributed by atoms with Crippen molar-refractivity contribution in [3.63, 3.8) is 0 Å². The number of halogens is 2. The number of carbonyl (C=O) groups is 1. The SMILES string of the molecule is O=C(c1nn([C@@H]2CCCN(CCCl)C2)c2c1CS(=O)(=O)c1c(F)cccc1-2)N1CCOCC1. The molecule has 0 N–H and O–H groups in total. The molecule has 5 rings (SSSR count). The average Bonchev–Trinajstić information content (AvgIpc) is 3.18. The molecule has 0 aliphatic carbocycles. The van der Waals surface area contributed by atoms with Crippen LogP contribution in [0.3, 0.4) is 0 Å². The summed E-state index contributed by atoms with van der Waals surface area (Å²) in [5.41, 5.74) is 1.31. The lowest BCUT2D eigenvalue weighted by atomic mass is 10.0. The standard InChI is InChI=1S/C22H26ClFN4O4S/c23-6-8-26-7-2-3-15(13-26)28-20-16-4-1-5-18(24)21(16)33(30,31)14-17(20)19(25-28)22(29)27-9-11-32-12-10-27/h1,4-5,15H,2-3,6-14H2/t15-/m1/s1. The summed E-state index contributed by atoms with van der Waals surface area (Å²) in [6.45, 7) is 4.04. The molecule has 1 aromatic heterocycles. The molecule has 1 amide bonds. The van der Waals surface area contributed by atoms with Crippen molar-refractivity contribution in [2.75, 3.05) is 51.8 Å².